The number of ether oxygens (including phenoxy) is 1. The predicted octanol–water partition coefficient (Wildman–Crippen LogP) is 1.13. The summed E-state index contributed by atoms with van der Waals surface area (Å²) < 4.78 is 4.60. The first-order valence-corrected chi connectivity index (χ1v) is 6.50. The highest BCUT2D eigenvalue weighted by Gasteiger charge is 2.14. The van der Waals surface area contributed by atoms with E-state index in [2.05, 4.69) is 11.7 Å². The number of esters is 1. The molecule has 0 N–H and O–H groups in total. The number of carbonyl (C=O) groups excluding carboxylic acids is 2. The van der Waals surface area contributed by atoms with E-state index in [1.54, 1.807) is 4.90 Å². The molecule has 18 heavy (non-hydrogen) atoms. The van der Waals surface area contributed by atoms with E-state index in [-0.39, 0.29) is 18.3 Å². The summed E-state index contributed by atoms with van der Waals surface area (Å²) in [5, 5.41) is 0. The van der Waals surface area contributed by atoms with Gasteiger partial charge in [0.05, 0.1) is 13.5 Å². The van der Waals surface area contributed by atoms with Crippen LogP contribution in [0, 0.1) is 0 Å². The second-order valence-electron chi connectivity index (χ2n) is 4.61. The van der Waals surface area contributed by atoms with Crippen LogP contribution in [0.4, 0.5) is 0 Å². The molecule has 0 fully saturated rings. The number of unbranched alkanes of at least 4 members (excludes halogenated alkanes) is 1. The molecule has 0 saturated carbocycles. The van der Waals surface area contributed by atoms with Crippen LogP contribution in [-0.2, 0) is 14.3 Å². The zero-order valence-electron chi connectivity index (χ0n) is 12.1. The van der Waals surface area contributed by atoms with Crippen molar-refractivity contribution in [1.29, 1.82) is 0 Å². The van der Waals surface area contributed by atoms with Crippen molar-refractivity contribution in [2.45, 2.75) is 32.6 Å². The Morgan fingerprint density at radius 3 is 2.22 bits per heavy atom. The molecule has 0 atom stereocenters. The van der Waals surface area contributed by atoms with Crippen molar-refractivity contribution in [2.24, 2.45) is 0 Å². The van der Waals surface area contributed by atoms with Crippen LogP contribution in [0.15, 0.2) is 0 Å². The quantitative estimate of drug-likeness (QED) is 0.582. The molecule has 0 radical (unpaired) electrons. The highest BCUT2D eigenvalue weighted by Crippen LogP contribution is 2.02. The van der Waals surface area contributed by atoms with Crippen molar-refractivity contribution < 1.29 is 14.3 Å². The van der Waals surface area contributed by atoms with E-state index in [1.807, 2.05) is 19.0 Å². The minimum Gasteiger partial charge on any atom is -0.469 e. The van der Waals surface area contributed by atoms with Crippen LogP contribution in [0.2, 0.25) is 0 Å². The van der Waals surface area contributed by atoms with Gasteiger partial charge >= 0.3 is 5.97 Å². The molecule has 5 nitrogen and oxygen atoms in total. The maximum atomic E-state index is 12.0. The highest BCUT2D eigenvalue weighted by molar-refractivity contribution is 5.77. The van der Waals surface area contributed by atoms with E-state index in [0.717, 1.165) is 19.4 Å². The van der Waals surface area contributed by atoms with Gasteiger partial charge in [-0.3, -0.25) is 9.59 Å². The normalized spacial score (nSPS) is 10.5. The Balaban J connectivity index is 4.22. The third kappa shape index (κ3) is 8.06. The van der Waals surface area contributed by atoms with Gasteiger partial charge in [0.1, 0.15) is 0 Å². The maximum absolute atomic E-state index is 12.0. The molecule has 0 aromatic carbocycles. The largest absolute Gasteiger partial charge is 0.469 e. The van der Waals surface area contributed by atoms with Crippen molar-refractivity contribution in [3.63, 3.8) is 0 Å². The van der Waals surface area contributed by atoms with Crippen LogP contribution in [0.25, 0.3) is 0 Å². The maximum Gasteiger partial charge on any atom is 0.307 e. The molecule has 0 spiro atoms. The first kappa shape index (κ1) is 16.9. The van der Waals surface area contributed by atoms with Crippen molar-refractivity contribution in [3.8, 4) is 0 Å². The Morgan fingerprint density at radius 2 is 1.72 bits per heavy atom. The molecule has 0 bridgehead atoms. The molecular weight excluding hydrogens is 232 g/mol. The zero-order valence-corrected chi connectivity index (χ0v) is 12.1. The third-order valence-corrected chi connectivity index (χ3v) is 2.73. The van der Waals surface area contributed by atoms with Gasteiger partial charge in [-0.2, -0.15) is 0 Å². The number of rotatable bonds is 9. The molecule has 0 aliphatic rings. The fraction of sp³-hybridized carbons (Fsp3) is 0.846. The molecule has 0 unspecified atom stereocenters. The smallest absolute Gasteiger partial charge is 0.307 e. The second-order valence-corrected chi connectivity index (χ2v) is 4.61. The van der Waals surface area contributed by atoms with Gasteiger partial charge in [0.25, 0.3) is 0 Å². The summed E-state index contributed by atoms with van der Waals surface area (Å²) in [6.07, 6.45) is 2.73. The molecule has 0 aliphatic carbocycles. The van der Waals surface area contributed by atoms with E-state index in [9.17, 15) is 9.59 Å². The highest BCUT2D eigenvalue weighted by atomic mass is 16.5. The monoisotopic (exact) mass is 258 g/mol. The molecule has 5 heteroatoms. The number of likely N-dealkylation sites (N-methyl/N-ethyl adjacent to an activating group) is 1. The lowest BCUT2D eigenvalue weighted by Gasteiger charge is -2.24. The summed E-state index contributed by atoms with van der Waals surface area (Å²) in [4.78, 5) is 26.9. The van der Waals surface area contributed by atoms with Crippen LogP contribution < -0.4 is 0 Å². The summed E-state index contributed by atoms with van der Waals surface area (Å²) in [5.41, 5.74) is 0. The average molecular weight is 258 g/mol. The van der Waals surface area contributed by atoms with E-state index < -0.39 is 0 Å². The molecule has 0 heterocycles. The lowest BCUT2D eigenvalue weighted by atomic mass is 10.2. The topological polar surface area (TPSA) is 49.9 Å². The molecule has 0 aromatic heterocycles. The van der Waals surface area contributed by atoms with E-state index in [4.69, 9.17) is 0 Å². The number of amides is 1. The Bertz CT molecular complexity index is 255. The lowest BCUT2D eigenvalue weighted by molar-refractivity contribution is -0.141. The fourth-order valence-electron chi connectivity index (χ4n) is 1.50. The van der Waals surface area contributed by atoms with Crippen LogP contribution in [0.5, 0.6) is 0 Å². The van der Waals surface area contributed by atoms with Gasteiger partial charge in [-0.1, -0.05) is 13.3 Å². The molecule has 0 aromatic rings. The molecule has 106 valence electrons. The third-order valence-electron chi connectivity index (χ3n) is 2.73. The Kier molecular flexibility index (Phi) is 9.28. The van der Waals surface area contributed by atoms with Crippen LogP contribution in [-0.4, -0.2) is 62.5 Å². The van der Waals surface area contributed by atoms with E-state index in [1.165, 1.54) is 7.11 Å². The van der Waals surface area contributed by atoms with Crippen molar-refractivity contribution in [1.82, 2.24) is 9.80 Å². The summed E-state index contributed by atoms with van der Waals surface area (Å²) in [7, 11) is 5.30. The number of hydrogen-bond donors (Lipinski definition) is 0. The van der Waals surface area contributed by atoms with Crippen molar-refractivity contribution in [2.75, 3.05) is 40.8 Å². The van der Waals surface area contributed by atoms with Crippen molar-refractivity contribution >= 4 is 11.9 Å². The molecular formula is C13H26N2O3. The van der Waals surface area contributed by atoms with Gasteiger partial charge in [-0.05, 0) is 20.5 Å². The Labute approximate surface area is 110 Å². The zero-order chi connectivity index (χ0) is 14.0. The lowest BCUT2D eigenvalue weighted by Crippen LogP contribution is -2.38. The molecule has 0 rings (SSSR count). The standard InChI is InChI=1S/C13H26N2O3/c1-5-6-7-12(16)15(11-10-14(2)3)9-8-13(17)18-4/h5-11H2,1-4H3. The van der Waals surface area contributed by atoms with Gasteiger partial charge in [-0.15, -0.1) is 0 Å². The first-order chi connectivity index (χ1) is 8.51. The van der Waals surface area contributed by atoms with E-state index >= 15 is 0 Å². The molecule has 0 saturated heterocycles. The van der Waals surface area contributed by atoms with Gasteiger partial charge in [0, 0.05) is 26.1 Å². The summed E-state index contributed by atoms with van der Waals surface area (Å²) in [5.74, 6) is -0.143. The van der Waals surface area contributed by atoms with Crippen LogP contribution in [0.1, 0.15) is 32.6 Å². The SMILES string of the molecule is CCCCC(=O)N(CCC(=O)OC)CCN(C)C. The predicted molar refractivity (Wildman–Crippen MR) is 71.3 cm³/mol. The minimum absolute atomic E-state index is 0.127. The number of methoxy groups -OCH3 is 1. The van der Waals surface area contributed by atoms with Gasteiger partial charge in [-0.25, -0.2) is 0 Å². The van der Waals surface area contributed by atoms with Crippen LogP contribution >= 0.6 is 0 Å². The second kappa shape index (κ2) is 9.88. The number of hydrogen-bond acceptors (Lipinski definition) is 4. The minimum atomic E-state index is -0.270. The average Bonchev–Trinajstić information content (AvgIpc) is 2.35. The summed E-state index contributed by atoms with van der Waals surface area (Å²) in [6.45, 7) is 3.97. The Hall–Kier alpha value is -1.10. The van der Waals surface area contributed by atoms with Gasteiger partial charge in [0.2, 0.25) is 5.91 Å². The number of nitrogens with zero attached hydrogens (tertiary/aromatic N) is 2. The van der Waals surface area contributed by atoms with Crippen molar-refractivity contribution in [3.05, 3.63) is 0 Å². The fourth-order valence-corrected chi connectivity index (χ4v) is 1.50. The number of carbonyl (C=O) groups is 2. The van der Waals surface area contributed by atoms with Gasteiger partial charge in [0.15, 0.2) is 0 Å². The summed E-state index contributed by atoms with van der Waals surface area (Å²) >= 11 is 0. The first-order valence-electron chi connectivity index (χ1n) is 6.50. The molecule has 1 amide bonds. The Morgan fingerprint density at radius 1 is 1.06 bits per heavy atom. The van der Waals surface area contributed by atoms with Crippen LogP contribution in [0.3, 0.4) is 0 Å². The van der Waals surface area contributed by atoms with Gasteiger partial charge < -0.3 is 14.5 Å². The van der Waals surface area contributed by atoms with E-state index in [0.29, 0.717) is 19.5 Å². The molecule has 0 aliphatic heterocycles. The summed E-state index contributed by atoms with van der Waals surface area (Å²) in [6, 6.07) is 0.